The predicted molar refractivity (Wildman–Crippen MR) is 241 cm³/mol. The van der Waals surface area contributed by atoms with Crippen molar-refractivity contribution in [1.82, 2.24) is 0 Å². The smallest absolute Gasteiger partial charge is 0.0534 e. The summed E-state index contributed by atoms with van der Waals surface area (Å²) in [4.78, 5) is 0. The first-order valence-corrected chi connectivity index (χ1v) is 20.7. The van der Waals surface area contributed by atoms with E-state index in [0.29, 0.717) is 0 Å². The summed E-state index contributed by atoms with van der Waals surface area (Å²) in [6.45, 7) is 4.80. The van der Waals surface area contributed by atoms with E-state index in [0.717, 1.165) is 0 Å². The Hall–Kier alpha value is -6.06. The zero-order chi connectivity index (χ0) is 36.4. The third-order valence-corrected chi connectivity index (χ3v) is 14.9. The highest BCUT2D eigenvalue weighted by molar-refractivity contribution is 7.33. The molecule has 258 valence electrons. The van der Waals surface area contributed by atoms with E-state index in [-0.39, 0.29) is 5.41 Å². The van der Waals surface area contributed by atoms with Gasteiger partial charge in [-0.05, 0) is 95.4 Å². The Morgan fingerprint density at radius 3 is 1.62 bits per heavy atom. The van der Waals surface area contributed by atoms with Crippen LogP contribution in [0.2, 0.25) is 0 Å². The molecule has 0 unspecified atom stereocenters. The van der Waals surface area contributed by atoms with Crippen molar-refractivity contribution in [2.75, 3.05) is 0 Å². The molecule has 0 aliphatic heterocycles. The van der Waals surface area contributed by atoms with Gasteiger partial charge in [0.2, 0.25) is 0 Å². The zero-order valence-corrected chi connectivity index (χ0v) is 32.1. The molecule has 0 radical (unpaired) electrons. The summed E-state index contributed by atoms with van der Waals surface area (Å²) < 4.78 is 5.53. The summed E-state index contributed by atoms with van der Waals surface area (Å²) in [6, 6.07) is 63.7. The first kappa shape index (κ1) is 31.3. The number of rotatable bonds is 3. The van der Waals surface area contributed by atoms with E-state index in [1.54, 1.807) is 0 Å². The van der Waals surface area contributed by atoms with Gasteiger partial charge in [-0.3, -0.25) is 0 Å². The Morgan fingerprint density at radius 2 is 0.891 bits per heavy atom. The molecule has 9 aromatic carbocycles. The van der Waals surface area contributed by atoms with Crippen molar-refractivity contribution in [3.63, 3.8) is 0 Å². The molecular weight excluding hydrogens is 701 g/mol. The Kier molecular flexibility index (Phi) is 6.53. The van der Waals surface area contributed by atoms with Gasteiger partial charge >= 0.3 is 0 Å². The molecule has 11 aromatic rings. The van der Waals surface area contributed by atoms with Crippen molar-refractivity contribution in [3.8, 4) is 44.5 Å². The highest BCUT2D eigenvalue weighted by atomic mass is 32.1. The van der Waals surface area contributed by atoms with E-state index in [2.05, 4.69) is 184 Å². The van der Waals surface area contributed by atoms with Crippen LogP contribution in [0.3, 0.4) is 0 Å². The van der Waals surface area contributed by atoms with Crippen LogP contribution >= 0.6 is 22.7 Å². The van der Waals surface area contributed by atoms with E-state index in [9.17, 15) is 0 Å². The lowest BCUT2D eigenvalue weighted by Gasteiger charge is -2.23. The number of thiophene rings is 2. The fraction of sp³-hybridized carbons (Fsp3) is 0.0566. The molecule has 55 heavy (non-hydrogen) atoms. The molecule has 0 amide bonds. The molecule has 0 bridgehead atoms. The maximum Gasteiger partial charge on any atom is 0.0534 e. The molecular formula is C53H34S2. The Morgan fingerprint density at radius 1 is 0.327 bits per heavy atom. The van der Waals surface area contributed by atoms with E-state index in [1.165, 1.54) is 118 Å². The van der Waals surface area contributed by atoms with Crippen LogP contribution in [-0.4, -0.2) is 0 Å². The molecule has 1 aliphatic rings. The second kappa shape index (κ2) is 11.5. The Labute approximate surface area is 327 Å². The minimum absolute atomic E-state index is 0.134. The fourth-order valence-corrected chi connectivity index (χ4v) is 12.4. The first-order chi connectivity index (χ1) is 27.0. The van der Waals surface area contributed by atoms with Crippen LogP contribution in [0.25, 0.3) is 106 Å². The Bertz CT molecular complexity index is 3340. The van der Waals surface area contributed by atoms with E-state index < -0.39 is 0 Å². The van der Waals surface area contributed by atoms with Gasteiger partial charge < -0.3 is 0 Å². The highest BCUT2D eigenvalue weighted by Gasteiger charge is 2.36. The van der Waals surface area contributed by atoms with Gasteiger partial charge in [0.05, 0.1) is 9.40 Å². The van der Waals surface area contributed by atoms with Crippen LogP contribution in [0.15, 0.2) is 170 Å². The molecule has 0 spiro atoms. The van der Waals surface area contributed by atoms with Gasteiger partial charge in [0.25, 0.3) is 0 Å². The molecule has 0 saturated carbocycles. The normalized spacial score (nSPS) is 13.4. The monoisotopic (exact) mass is 734 g/mol. The summed E-state index contributed by atoms with van der Waals surface area (Å²) in [5.74, 6) is 0. The standard InChI is InChI=1S/C53H34S2/c1-53(2)45-28-24-32(34-20-12-21-41-43-27-26-42-36-15-10-11-22-47(36)54-51(42)52(43)55-50(34)41)29-44(45)35-25-23-33(30-46(35)53)49-39-18-8-6-16-37(39)48(31-13-4-3-5-14-31)38-17-7-9-19-40(38)49/h3-30H,1-2H3. The topological polar surface area (TPSA) is 0 Å². The highest BCUT2D eigenvalue weighted by Crippen LogP contribution is 2.53. The van der Waals surface area contributed by atoms with Gasteiger partial charge in [-0.15, -0.1) is 22.7 Å². The van der Waals surface area contributed by atoms with Crippen molar-refractivity contribution < 1.29 is 0 Å². The number of fused-ring (bicyclic) bond motifs is 12. The minimum atomic E-state index is -0.134. The third kappa shape index (κ3) is 4.38. The summed E-state index contributed by atoms with van der Waals surface area (Å²) in [5.41, 5.74) is 13.1. The largest absolute Gasteiger partial charge is 0.134 e. The van der Waals surface area contributed by atoms with Gasteiger partial charge in [0, 0.05) is 36.4 Å². The van der Waals surface area contributed by atoms with Gasteiger partial charge in [-0.2, -0.15) is 0 Å². The average molecular weight is 735 g/mol. The lowest BCUT2D eigenvalue weighted by atomic mass is 9.80. The molecule has 0 saturated heterocycles. The molecule has 0 N–H and O–H groups in total. The first-order valence-electron chi connectivity index (χ1n) is 19.1. The molecule has 0 fully saturated rings. The van der Waals surface area contributed by atoms with Crippen molar-refractivity contribution in [3.05, 3.63) is 181 Å². The maximum atomic E-state index is 2.49. The molecule has 2 aromatic heterocycles. The molecule has 2 heteroatoms. The van der Waals surface area contributed by atoms with E-state index >= 15 is 0 Å². The van der Waals surface area contributed by atoms with Crippen LogP contribution in [0.5, 0.6) is 0 Å². The second-order valence-corrected chi connectivity index (χ2v) is 17.6. The fourth-order valence-electron chi connectivity index (χ4n) is 9.70. The lowest BCUT2D eigenvalue weighted by Crippen LogP contribution is -2.15. The van der Waals surface area contributed by atoms with Gasteiger partial charge in [0.15, 0.2) is 0 Å². The number of benzene rings is 9. The van der Waals surface area contributed by atoms with Gasteiger partial charge in [-0.25, -0.2) is 0 Å². The van der Waals surface area contributed by atoms with Crippen LogP contribution < -0.4 is 0 Å². The predicted octanol–water partition coefficient (Wildman–Crippen LogP) is 16.0. The maximum absolute atomic E-state index is 2.49. The van der Waals surface area contributed by atoms with E-state index in [4.69, 9.17) is 0 Å². The van der Waals surface area contributed by atoms with Gasteiger partial charge in [0.1, 0.15) is 0 Å². The Balaban J connectivity index is 1.03. The summed E-state index contributed by atoms with van der Waals surface area (Å²) in [5, 5.41) is 10.6. The summed E-state index contributed by atoms with van der Waals surface area (Å²) in [7, 11) is 0. The second-order valence-electron chi connectivity index (χ2n) is 15.6. The summed E-state index contributed by atoms with van der Waals surface area (Å²) >= 11 is 3.88. The molecule has 0 nitrogen and oxygen atoms in total. The molecule has 1 aliphatic carbocycles. The van der Waals surface area contributed by atoms with Crippen molar-refractivity contribution in [2.45, 2.75) is 19.3 Å². The summed E-state index contributed by atoms with van der Waals surface area (Å²) in [6.07, 6.45) is 0. The van der Waals surface area contributed by atoms with E-state index in [1.807, 2.05) is 22.7 Å². The van der Waals surface area contributed by atoms with Crippen molar-refractivity contribution in [2.24, 2.45) is 0 Å². The number of hydrogen-bond acceptors (Lipinski definition) is 2. The molecule has 0 atom stereocenters. The van der Waals surface area contributed by atoms with Crippen LogP contribution in [-0.2, 0) is 5.41 Å². The SMILES string of the molecule is CC1(C)c2ccc(-c3cccc4c3sc3c4ccc4c5ccccc5sc43)cc2-c2ccc(-c3c4ccccc4c(-c4ccccc4)c4ccccc34)cc21. The quantitative estimate of drug-likeness (QED) is 0.159. The van der Waals surface area contributed by atoms with Crippen LogP contribution in [0.1, 0.15) is 25.0 Å². The lowest BCUT2D eigenvalue weighted by molar-refractivity contribution is 0.660. The average Bonchev–Trinajstić information content (AvgIpc) is 3.88. The molecule has 12 rings (SSSR count). The number of hydrogen-bond donors (Lipinski definition) is 0. The zero-order valence-electron chi connectivity index (χ0n) is 30.5. The van der Waals surface area contributed by atoms with Crippen molar-refractivity contribution >= 4 is 84.6 Å². The van der Waals surface area contributed by atoms with Gasteiger partial charge in [-0.1, -0.05) is 166 Å². The molecule has 2 heterocycles. The third-order valence-electron chi connectivity index (χ3n) is 12.3. The van der Waals surface area contributed by atoms with Crippen LogP contribution in [0, 0.1) is 0 Å². The van der Waals surface area contributed by atoms with Crippen LogP contribution in [0.4, 0.5) is 0 Å². The minimum Gasteiger partial charge on any atom is -0.134 e. The van der Waals surface area contributed by atoms with Crippen molar-refractivity contribution in [1.29, 1.82) is 0 Å².